The molecule has 8 heteroatoms. The number of pyridine rings is 1. The van der Waals surface area contributed by atoms with Crippen molar-refractivity contribution in [3.8, 4) is 5.69 Å². The van der Waals surface area contributed by atoms with Crippen LogP contribution in [-0.2, 0) is 22.7 Å². The Balaban J connectivity index is 0.000000706. The number of nitrogens with zero attached hydrogens (tertiary/aromatic N) is 3. The average molecular weight is 420 g/mol. The van der Waals surface area contributed by atoms with Crippen molar-refractivity contribution in [1.29, 1.82) is 0 Å². The van der Waals surface area contributed by atoms with Gasteiger partial charge in [0.15, 0.2) is 0 Å². The molecule has 0 atom stereocenters. The number of para-hydroxylation sites is 1. The first kappa shape index (κ1) is 20.7. The number of aryl methyl sites for hydroxylation is 1. The molecule has 1 fully saturated rings. The predicted molar refractivity (Wildman–Crippen MR) is 111 cm³/mol. The van der Waals surface area contributed by atoms with E-state index in [2.05, 4.69) is 50.8 Å². The zero-order valence-corrected chi connectivity index (χ0v) is 17.2. The van der Waals surface area contributed by atoms with Crippen molar-refractivity contribution < 1.29 is 13.2 Å². The second-order valence-electron chi connectivity index (χ2n) is 6.57. The highest BCUT2D eigenvalue weighted by atomic mass is 35.5. The lowest BCUT2D eigenvalue weighted by Crippen LogP contribution is -2.37. The number of aromatic nitrogens is 2. The number of rotatable bonds is 4. The molecule has 0 unspecified atom stereocenters. The molecule has 0 N–H and O–H groups in total. The van der Waals surface area contributed by atoms with Crippen LogP contribution in [-0.4, -0.2) is 55.7 Å². The second-order valence-corrected chi connectivity index (χ2v) is 7.06. The molecule has 0 radical (unpaired) electrons. The fourth-order valence-corrected chi connectivity index (χ4v) is 3.78. The maximum absolute atomic E-state index is 8.29. The van der Waals surface area contributed by atoms with Crippen LogP contribution in [0.15, 0.2) is 42.5 Å². The van der Waals surface area contributed by atoms with Gasteiger partial charge in [-0.1, -0.05) is 29.8 Å². The van der Waals surface area contributed by atoms with Gasteiger partial charge < -0.3 is 9.30 Å². The SMILES string of the molecule is Cc1cc2c(cc(CCN3CCOCC3)n2-c2ccccc2)c(Cl)n1.O=S=O. The minimum Gasteiger partial charge on any atom is -0.379 e. The van der Waals surface area contributed by atoms with Crippen molar-refractivity contribution >= 4 is 34.1 Å². The highest BCUT2D eigenvalue weighted by molar-refractivity contribution is 7.51. The van der Waals surface area contributed by atoms with Crippen LogP contribution in [0.25, 0.3) is 16.6 Å². The van der Waals surface area contributed by atoms with E-state index >= 15 is 0 Å². The molecule has 1 aliphatic rings. The van der Waals surface area contributed by atoms with Crippen LogP contribution < -0.4 is 0 Å². The summed E-state index contributed by atoms with van der Waals surface area (Å²) < 4.78 is 24.3. The van der Waals surface area contributed by atoms with Gasteiger partial charge in [-0.2, -0.15) is 8.42 Å². The normalized spacial score (nSPS) is 14.5. The molecule has 3 aromatic rings. The smallest absolute Gasteiger partial charge is 0.335 e. The standard InChI is InChI=1S/C20H22ClN3O.O2S/c1-15-13-19-18(20(21)22-15)14-17(7-8-23-9-11-25-12-10-23)24(19)16-5-3-2-4-6-16;1-3-2/h2-6,13-14H,7-12H2,1H3;. The Labute approximate surface area is 172 Å². The quantitative estimate of drug-likeness (QED) is 0.607. The van der Waals surface area contributed by atoms with Crippen molar-refractivity contribution in [2.24, 2.45) is 0 Å². The molecule has 0 spiro atoms. The maximum atomic E-state index is 8.29. The second kappa shape index (κ2) is 9.93. The van der Waals surface area contributed by atoms with Crippen LogP contribution >= 0.6 is 11.6 Å². The van der Waals surface area contributed by atoms with Gasteiger partial charge in [0.1, 0.15) is 5.15 Å². The zero-order chi connectivity index (χ0) is 19.9. The predicted octanol–water partition coefficient (Wildman–Crippen LogP) is 3.19. The summed E-state index contributed by atoms with van der Waals surface area (Å²) in [5.41, 5.74) is 4.49. The molecular weight excluding hydrogens is 398 g/mol. The molecule has 1 saturated heterocycles. The molecular formula is C20H22ClN3O3S. The van der Waals surface area contributed by atoms with E-state index in [1.807, 2.05) is 13.0 Å². The highest BCUT2D eigenvalue weighted by Crippen LogP contribution is 2.29. The molecule has 6 nitrogen and oxygen atoms in total. The molecule has 0 amide bonds. The summed E-state index contributed by atoms with van der Waals surface area (Å²) in [5.74, 6) is 0. The van der Waals surface area contributed by atoms with Crippen LogP contribution in [0, 0.1) is 6.92 Å². The minimum atomic E-state index is -0.750. The molecule has 28 heavy (non-hydrogen) atoms. The minimum absolute atomic E-state index is 0.581. The summed E-state index contributed by atoms with van der Waals surface area (Å²) in [6.07, 6.45) is 0.971. The van der Waals surface area contributed by atoms with Gasteiger partial charge in [-0.15, -0.1) is 0 Å². The molecule has 0 saturated carbocycles. The molecule has 1 aromatic carbocycles. The molecule has 4 rings (SSSR count). The van der Waals surface area contributed by atoms with E-state index in [4.69, 9.17) is 24.8 Å². The van der Waals surface area contributed by atoms with Gasteiger partial charge in [0.25, 0.3) is 0 Å². The lowest BCUT2D eigenvalue weighted by Gasteiger charge is -2.26. The monoisotopic (exact) mass is 419 g/mol. The summed E-state index contributed by atoms with van der Waals surface area (Å²) in [5, 5.41) is 1.60. The number of halogens is 1. The van der Waals surface area contributed by atoms with E-state index in [1.165, 1.54) is 5.69 Å². The van der Waals surface area contributed by atoms with Gasteiger partial charge in [-0.25, -0.2) is 4.98 Å². The largest absolute Gasteiger partial charge is 0.379 e. The van der Waals surface area contributed by atoms with E-state index in [1.54, 1.807) is 0 Å². The number of hydrogen-bond donors (Lipinski definition) is 0. The molecule has 148 valence electrons. The van der Waals surface area contributed by atoms with E-state index in [9.17, 15) is 0 Å². The Hall–Kier alpha value is -2.06. The van der Waals surface area contributed by atoms with Gasteiger partial charge in [-0.05, 0) is 31.2 Å². The molecule has 0 bridgehead atoms. The number of benzene rings is 1. The van der Waals surface area contributed by atoms with Crippen LogP contribution in [0.2, 0.25) is 5.15 Å². The van der Waals surface area contributed by atoms with Gasteiger partial charge >= 0.3 is 11.6 Å². The van der Waals surface area contributed by atoms with Crippen LogP contribution in [0.4, 0.5) is 0 Å². The number of fused-ring (bicyclic) bond motifs is 1. The van der Waals surface area contributed by atoms with Gasteiger partial charge in [0.05, 0.1) is 18.7 Å². The van der Waals surface area contributed by atoms with Crippen molar-refractivity contribution in [1.82, 2.24) is 14.5 Å². The highest BCUT2D eigenvalue weighted by Gasteiger charge is 2.16. The Morgan fingerprint density at radius 1 is 1.14 bits per heavy atom. The van der Waals surface area contributed by atoms with Gasteiger partial charge in [-0.3, -0.25) is 4.90 Å². The first-order valence-corrected chi connectivity index (χ1v) is 10.1. The Bertz CT molecular complexity index is 966. The van der Waals surface area contributed by atoms with E-state index in [-0.39, 0.29) is 0 Å². The maximum Gasteiger partial charge on any atom is 0.335 e. The third-order valence-corrected chi connectivity index (χ3v) is 5.05. The third kappa shape index (κ3) is 4.86. The summed E-state index contributed by atoms with van der Waals surface area (Å²) in [7, 11) is 0. The first-order chi connectivity index (χ1) is 13.6. The molecule has 1 aliphatic heterocycles. The number of ether oxygens (including phenoxy) is 1. The fourth-order valence-electron chi connectivity index (χ4n) is 3.50. The van der Waals surface area contributed by atoms with E-state index in [0.29, 0.717) is 5.15 Å². The Kier molecular flexibility index (Phi) is 7.33. The van der Waals surface area contributed by atoms with Crippen molar-refractivity contribution in [3.05, 3.63) is 59.0 Å². The van der Waals surface area contributed by atoms with Crippen molar-refractivity contribution in [3.63, 3.8) is 0 Å². The first-order valence-electron chi connectivity index (χ1n) is 9.09. The molecule has 3 heterocycles. The van der Waals surface area contributed by atoms with Crippen LogP contribution in [0.5, 0.6) is 0 Å². The van der Waals surface area contributed by atoms with Crippen molar-refractivity contribution in [2.75, 3.05) is 32.8 Å². The summed E-state index contributed by atoms with van der Waals surface area (Å²) >= 11 is 5.68. The van der Waals surface area contributed by atoms with Crippen molar-refractivity contribution in [2.45, 2.75) is 13.3 Å². The number of morpholine rings is 1. The molecule has 2 aromatic heterocycles. The lowest BCUT2D eigenvalue weighted by atomic mass is 10.2. The third-order valence-electron chi connectivity index (χ3n) is 4.76. The van der Waals surface area contributed by atoms with E-state index in [0.717, 1.165) is 61.6 Å². The summed E-state index contributed by atoms with van der Waals surface area (Å²) in [4.78, 5) is 6.88. The molecule has 0 aliphatic carbocycles. The lowest BCUT2D eigenvalue weighted by molar-refractivity contribution is 0.0383. The van der Waals surface area contributed by atoms with E-state index < -0.39 is 11.6 Å². The van der Waals surface area contributed by atoms with Gasteiger partial charge in [0.2, 0.25) is 0 Å². The van der Waals surface area contributed by atoms with Gasteiger partial charge in [0, 0.05) is 48.5 Å². The number of hydrogen-bond acceptors (Lipinski definition) is 5. The van der Waals surface area contributed by atoms with Crippen LogP contribution in [0.3, 0.4) is 0 Å². The average Bonchev–Trinajstić information content (AvgIpc) is 3.07. The fraction of sp³-hybridized carbons (Fsp3) is 0.350. The summed E-state index contributed by atoms with van der Waals surface area (Å²) in [6.45, 7) is 6.69. The topological polar surface area (TPSA) is 64.4 Å². The summed E-state index contributed by atoms with van der Waals surface area (Å²) in [6, 6.07) is 14.8. The Morgan fingerprint density at radius 2 is 1.82 bits per heavy atom. The van der Waals surface area contributed by atoms with Crippen LogP contribution in [0.1, 0.15) is 11.4 Å². The Morgan fingerprint density at radius 3 is 2.50 bits per heavy atom. The zero-order valence-electron chi connectivity index (χ0n) is 15.6.